The second-order valence-electron chi connectivity index (χ2n) is 5.65. The van der Waals surface area contributed by atoms with Crippen LogP contribution >= 0.6 is 0 Å². The number of piperazine rings is 1. The van der Waals surface area contributed by atoms with Crippen LogP contribution < -0.4 is 0 Å². The molecule has 1 fully saturated rings. The van der Waals surface area contributed by atoms with Crippen LogP contribution in [0.4, 0.5) is 0 Å². The molecule has 1 aliphatic heterocycles. The lowest BCUT2D eigenvalue weighted by molar-refractivity contribution is 0.0443. The van der Waals surface area contributed by atoms with E-state index in [2.05, 4.69) is 54.0 Å². The van der Waals surface area contributed by atoms with E-state index in [1.165, 1.54) is 5.56 Å². The molecule has 0 amide bonds. The Morgan fingerprint density at radius 1 is 0.950 bits per heavy atom. The highest BCUT2D eigenvalue weighted by molar-refractivity contribution is 5.19. The maximum atomic E-state index is 9.42. The monoisotopic (exact) mass is 276 g/mol. The lowest BCUT2D eigenvalue weighted by atomic mass is 10.0. The average Bonchev–Trinajstić information content (AvgIpc) is 2.52. The minimum absolute atomic E-state index is 0.284. The molecule has 0 aromatic heterocycles. The highest BCUT2D eigenvalue weighted by Crippen LogP contribution is 2.25. The highest BCUT2D eigenvalue weighted by Gasteiger charge is 2.26. The van der Waals surface area contributed by atoms with Crippen molar-refractivity contribution in [1.29, 1.82) is 0 Å². The van der Waals surface area contributed by atoms with Crippen LogP contribution in [-0.2, 0) is 0 Å². The van der Waals surface area contributed by atoms with Crippen molar-refractivity contribution in [3.05, 3.63) is 35.9 Å². The summed E-state index contributed by atoms with van der Waals surface area (Å²) in [5.74, 6) is 0. The first-order chi connectivity index (χ1) is 9.80. The summed E-state index contributed by atoms with van der Waals surface area (Å²) in [6, 6.07) is 11.7. The van der Waals surface area contributed by atoms with Gasteiger partial charge in [0.15, 0.2) is 0 Å². The zero-order chi connectivity index (χ0) is 14.4. The Bertz CT molecular complexity index is 370. The third-order valence-corrected chi connectivity index (χ3v) is 4.56. The van der Waals surface area contributed by atoms with Crippen molar-refractivity contribution in [1.82, 2.24) is 9.80 Å². The number of nitrogens with zero attached hydrogens (tertiary/aromatic N) is 2. The fourth-order valence-electron chi connectivity index (χ4n) is 3.30. The van der Waals surface area contributed by atoms with Gasteiger partial charge in [-0.25, -0.2) is 0 Å². The first-order valence-electron chi connectivity index (χ1n) is 7.94. The summed E-state index contributed by atoms with van der Waals surface area (Å²) in [6.07, 6.45) is 2.19. The molecule has 0 unspecified atom stereocenters. The molecule has 0 bridgehead atoms. The van der Waals surface area contributed by atoms with Crippen LogP contribution in [0.2, 0.25) is 0 Å². The molecule has 0 spiro atoms. The molecule has 0 saturated carbocycles. The van der Waals surface area contributed by atoms with Crippen molar-refractivity contribution in [3.8, 4) is 0 Å². The van der Waals surface area contributed by atoms with E-state index in [4.69, 9.17) is 0 Å². The Morgan fingerprint density at radius 2 is 1.55 bits per heavy atom. The summed E-state index contributed by atoms with van der Waals surface area (Å²) in [4.78, 5) is 5.03. The van der Waals surface area contributed by atoms with Gasteiger partial charge in [0.1, 0.15) is 0 Å². The van der Waals surface area contributed by atoms with Gasteiger partial charge >= 0.3 is 0 Å². The van der Waals surface area contributed by atoms with Crippen molar-refractivity contribution in [2.24, 2.45) is 0 Å². The summed E-state index contributed by atoms with van der Waals surface area (Å²) < 4.78 is 0. The molecule has 2 atom stereocenters. The van der Waals surface area contributed by atoms with E-state index < -0.39 is 0 Å². The van der Waals surface area contributed by atoms with Gasteiger partial charge in [-0.3, -0.25) is 9.80 Å². The van der Waals surface area contributed by atoms with Crippen LogP contribution in [-0.4, -0.2) is 53.7 Å². The molecule has 1 saturated heterocycles. The summed E-state index contributed by atoms with van der Waals surface area (Å²) in [7, 11) is 0. The minimum atomic E-state index is 0.284. The van der Waals surface area contributed by atoms with Gasteiger partial charge in [0.05, 0.1) is 6.61 Å². The Labute approximate surface area is 123 Å². The highest BCUT2D eigenvalue weighted by atomic mass is 16.3. The molecule has 1 heterocycles. The third-order valence-electron chi connectivity index (χ3n) is 4.56. The van der Waals surface area contributed by atoms with Crippen molar-refractivity contribution < 1.29 is 5.11 Å². The van der Waals surface area contributed by atoms with E-state index in [-0.39, 0.29) is 6.61 Å². The quantitative estimate of drug-likeness (QED) is 0.865. The molecule has 20 heavy (non-hydrogen) atoms. The molecule has 1 aliphatic rings. The predicted molar refractivity (Wildman–Crippen MR) is 83.8 cm³/mol. The third kappa shape index (κ3) is 3.60. The maximum absolute atomic E-state index is 9.42. The van der Waals surface area contributed by atoms with Crippen LogP contribution in [0.15, 0.2) is 30.3 Å². The van der Waals surface area contributed by atoms with Crippen molar-refractivity contribution in [2.75, 3.05) is 32.8 Å². The molecular weight excluding hydrogens is 248 g/mol. The van der Waals surface area contributed by atoms with E-state index in [1.54, 1.807) is 0 Å². The minimum Gasteiger partial charge on any atom is -0.395 e. The Hall–Kier alpha value is -0.900. The SMILES string of the molecule is CC[C@@H](CO)N1CCN([C@H](CC)c2ccccc2)CC1. The summed E-state index contributed by atoms with van der Waals surface area (Å²) in [5, 5.41) is 9.42. The normalized spacial score (nSPS) is 20.8. The van der Waals surface area contributed by atoms with Crippen molar-refractivity contribution in [2.45, 2.75) is 38.8 Å². The molecule has 0 aliphatic carbocycles. The predicted octanol–water partition coefficient (Wildman–Crippen LogP) is 2.53. The molecule has 0 radical (unpaired) electrons. The Balaban J connectivity index is 1.95. The maximum Gasteiger partial charge on any atom is 0.0586 e. The van der Waals surface area contributed by atoms with Gasteiger partial charge in [-0.2, -0.15) is 0 Å². The van der Waals surface area contributed by atoms with Gasteiger partial charge < -0.3 is 5.11 Å². The molecule has 3 heteroatoms. The Kier molecular flexibility index (Phi) is 6.02. The van der Waals surface area contributed by atoms with Crippen LogP contribution in [0.5, 0.6) is 0 Å². The number of hydrogen-bond donors (Lipinski definition) is 1. The summed E-state index contributed by atoms with van der Waals surface area (Å²) >= 11 is 0. The second kappa shape index (κ2) is 7.77. The van der Waals surface area contributed by atoms with Gasteiger partial charge in [0.25, 0.3) is 0 Å². The van der Waals surface area contributed by atoms with E-state index in [0.717, 1.165) is 39.0 Å². The molecule has 2 rings (SSSR count). The van der Waals surface area contributed by atoms with Gasteiger partial charge in [-0.05, 0) is 18.4 Å². The van der Waals surface area contributed by atoms with Crippen molar-refractivity contribution >= 4 is 0 Å². The van der Waals surface area contributed by atoms with Crippen LogP contribution in [0.1, 0.15) is 38.3 Å². The molecular formula is C17H28N2O. The standard InChI is InChI=1S/C17H28N2O/c1-3-16(14-20)18-10-12-19(13-11-18)17(4-2)15-8-6-5-7-9-15/h5-9,16-17,20H,3-4,10-14H2,1-2H3/t16-,17+/m0/s1. The van der Waals surface area contributed by atoms with E-state index in [0.29, 0.717) is 12.1 Å². The van der Waals surface area contributed by atoms with Crippen LogP contribution in [0, 0.1) is 0 Å². The van der Waals surface area contributed by atoms with E-state index in [1.807, 2.05) is 0 Å². The summed E-state index contributed by atoms with van der Waals surface area (Å²) in [6.45, 7) is 9.06. The second-order valence-corrected chi connectivity index (χ2v) is 5.65. The van der Waals surface area contributed by atoms with Gasteiger partial charge in [-0.1, -0.05) is 44.2 Å². The largest absolute Gasteiger partial charge is 0.395 e. The molecule has 1 N–H and O–H groups in total. The first-order valence-corrected chi connectivity index (χ1v) is 7.94. The van der Waals surface area contributed by atoms with Gasteiger partial charge in [0.2, 0.25) is 0 Å². The fourth-order valence-corrected chi connectivity index (χ4v) is 3.30. The number of hydrogen-bond acceptors (Lipinski definition) is 3. The van der Waals surface area contributed by atoms with E-state index in [9.17, 15) is 5.11 Å². The molecule has 112 valence electrons. The smallest absolute Gasteiger partial charge is 0.0586 e. The van der Waals surface area contributed by atoms with Crippen LogP contribution in [0.25, 0.3) is 0 Å². The average molecular weight is 276 g/mol. The number of aliphatic hydroxyl groups is 1. The molecule has 1 aromatic carbocycles. The Morgan fingerprint density at radius 3 is 2.05 bits per heavy atom. The molecule has 1 aromatic rings. The topological polar surface area (TPSA) is 26.7 Å². The van der Waals surface area contributed by atoms with E-state index >= 15 is 0 Å². The zero-order valence-electron chi connectivity index (χ0n) is 12.8. The van der Waals surface area contributed by atoms with Crippen molar-refractivity contribution in [3.63, 3.8) is 0 Å². The lowest BCUT2D eigenvalue weighted by Gasteiger charge is -2.41. The van der Waals surface area contributed by atoms with Gasteiger partial charge in [-0.15, -0.1) is 0 Å². The number of rotatable bonds is 6. The van der Waals surface area contributed by atoms with Gasteiger partial charge in [0, 0.05) is 38.3 Å². The summed E-state index contributed by atoms with van der Waals surface area (Å²) in [5.41, 5.74) is 1.43. The zero-order valence-corrected chi connectivity index (χ0v) is 12.8. The fraction of sp³-hybridized carbons (Fsp3) is 0.647. The lowest BCUT2D eigenvalue weighted by Crippen LogP contribution is -2.51. The number of aliphatic hydroxyl groups excluding tert-OH is 1. The molecule has 3 nitrogen and oxygen atoms in total. The van der Waals surface area contributed by atoms with Crippen LogP contribution in [0.3, 0.4) is 0 Å². The first kappa shape index (κ1) is 15.5. The number of benzene rings is 1.